The molecule has 0 aliphatic carbocycles. The summed E-state index contributed by atoms with van der Waals surface area (Å²) in [6.07, 6.45) is 4.10. The fraction of sp³-hybridized carbons (Fsp3) is 0.438. The van der Waals surface area contributed by atoms with Crippen molar-refractivity contribution in [3.63, 3.8) is 0 Å². The van der Waals surface area contributed by atoms with Crippen LogP contribution in [0.1, 0.15) is 23.2 Å². The van der Waals surface area contributed by atoms with Gasteiger partial charge in [0.2, 0.25) is 0 Å². The molecule has 2 aromatic rings. The number of benzene rings is 1. The zero-order chi connectivity index (χ0) is 13.9. The summed E-state index contributed by atoms with van der Waals surface area (Å²) in [5, 5.41) is 4.32. The predicted molar refractivity (Wildman–Crippen MR) is 80.9 cm³/mol. The lowest BCUT2D eigenvalue weighted by Gasteiger charge is -2.32. The molecule has 4 nitrogen and oxygen atoms in total. The average molecular weight is 271 g/mol. The first-order valence-electron chi connectivity index (χ1n) is 7.29. The van der Waals surface area contributed by atoms with Gasteiger partial charge in [-0.3, -0.25) is 4.79 Å². The number of carbonyl (C=O) groups is 1. The Morgan fingerprint density at radius 3 is 2.90 bits per heavy atom. The number of hydrogen-bond donors (Lipinski definition) is 2. The van der Waals surface area contributed by atoms with Gasteiger partial charge in [-0.1, -0.05) is 0 Å². The van der Waals surface area contributed by atoms with Crippen molar-refractivity contribution in [2.24, 2.45) is 5.92 Å². The molecule has 2 heterocycles. The van der Waals surface area contributed by atoms with Gasteiger partial charge in [0.15, 0.2) is 0 Å². The maximum Gasteiger partial charge on any atom is 0.253 e. The minimum atomic E-state index is 0.163. The second-order valence-electron chi connectivity index (χ2n) is 5.57. The highest BCUT2D eigenvalue weighted by atomic mass is 16.2. The molecule has 1 fully saturated rings. The number of fused-ring (bicyclic) bond motifs is 1. The monoisotopic (exact) mass is 271 g/mol. The molecule has 0 bridgehead atoms. The second-order valence-corrected chi connectivity index (χ2v) is 5.57. The summed E-state index contributed by atoms with van der Waals surface area (Å²) in [7, 11) is 1.99. The number of carbonyl (C=O) groups excluding carboxylic acids is 1. The molecule has 0 saturated carbocycles. The van der Waals surface area contributed by atoms with E-state index in [9.17, 15) is 4.79 Å². The van der Waals surface area contributed by atoms with Crippen LogP contribution in [-0.4, -0.2) is 42.5 Å². The lowest BCUT2D eigenvalue weighted by molar-refractivity contribution is 0.0691. The van der Waals surface area contributed by atoms with Gasteiger partial charge in [-0.2, -0.15) is 0 Å². The Morgan fingerprint density at radius 1 is 1.35 bits per heavy atom. The lowest BCUT2D eigenvalue weighted by Crippen LogP contribution is -2.40. The van der Waals surface area contributed by atoms with E-state index in [0.717, 1.165) is 48.9 Å². The van der Waals surface area contributed by atoms with Crippen molar-refractivity contribution in [2.75, 3.05) is 26.7 Å². The summed E-state index contributed by atoms with van der Waals surface area (Å²) >= 11 is 0. The molecule has 0 radical (unpaired) electrons. The van der Waals surface area contributed by atoms with Crippen molar-refractivity contribution in [2.45, 2.75) is 12.8 Å². The van der Waals surface area contributed by atoms with Gasteiger partial charge >= 0.3 is 0 Å². The molecule has 2 N–H and O–H groups in total. The van der Waals surface area contributed by atoms with Gasteiger partial charge in [-0.05, 0) is 56.6 Å². The molecule has 1 saturated heterocycles. The zero-order valence-corrected chi connectivity index (χ0v) is 11.9. The average Bonchev–Trinajstić information content (AvgIpc) is 2.95. The number of hydrogen-bond acceptors (Lipinski definition) is 2. The van der Waals surface area contributed by atoms with Crippen molar-refractivity contribution in [1.82, 2.24) is 15.2 Å². The van der Waals surface area contributed by atoms with Crippen LogP contribution < -0.4 is 5.32 Å². The number of piperidine rings is 1. The fourth-order valence-corrected chi connectivity index (χ4v) is 3.00. The molecule has 0 atom stereocenters. The highest BCUT2D eigenvalue weighted by molar-refractivity contribution is 5.98. The number of nitrogens with zero attached hydrogens (tertiary/aromatic N) is 1. The van der Waals surface area contributed by atoms with Crippen LogP contribution in [0.15, 0.2) is 30.5 Å². The molecule has 1 aliphatic rings. The van der Waals surface area contributed by atoms with Crippen molar-refractivity contribution < 1.29 is 4.79 Å². The molecule has 1 aromatic carbocycles. The van der Waals surface area contributed by atoms with E-state index >= 15 is 0 Å². The topological polar surface area (TPSA) is 48.1 Å². The number of aromatic amines is 1. The molecule has 0 unspecified atom stereocenters. The first-order chi connectivity index (χ1) is 9.78. The first-order valence-corrected chi connectivity index (χ1v) is 7.29. The van der Waals surface area contributed by atoms with Gasteiger partial charge in [-0.25, -0.2) is 0 Å². The van der Waals surface area contributed by atoms with E-state index in [1.54, 1.807) is 0 Å². The summed E-state index contributed by atoms with van der Waals surface area (Å²) in [5.41, 5.74) is 1.87. The maximum absolute atomic E-state index is 12.5. The summed E-state index contributed by atoms with van der Waals surface area (Å²) in [4.78, 5) is 17.7. The minimum absolute atomic E-state index is 0.163. The van der Waals surface area contributed by atoms with Crippen molar-refractivity contribution >= 4 is 16.8 Å². The Bertz CT molecular complexity index is 597. The van der Waals surface area contributed by atoms with Gasteiger partial charge < -0.3 is 15.2 Å². The van der Waals surface area contributed by atoms with Crippen molar-refractivity contribution in [1.29, 1.82) is 0 Å². The number of H-pyrrole nitrogens is 1. The summed E-state index contributed by atoms with van der Waals surface area (Å²) < 4.78 is 0. The van der Waals surface area contributed by atoms with Crippen molar-refractivity contribution in [3.8, 4) is 0 Å². The molecule has 3 rings (SSSR count). The Balaban J connectivity index is 1.69. The number of rotatable bonds is 3. The van der Waals surface area contributed by atoms with Crippen LogP contribution in [-0.2, 0) is 0 Å². The van der Waals surface area contributed by atoms with Gasteiger partial charge in [0, 0.05) is 35.8 Å². The van der Waals surface area contributed by atoms with Gasteiger partial charge in [0.1, 0.15) is 0 Å². The maximum atomic E-state index is 12.5. The number of nitrogens with one attached hydrogen (secondary N) is 2. The van der Waals surface area contributed by atoms with E-state index in [4.69, 9.17) is 0 Å². The molecule has 1 aromatic heterocycles. The number of amides is 1. The van der Waals surface area contributed by atoms with Crippen LogP contribution in [0.3, 0.4) is 0 Å². The molecule has 4 heteroatoms. The molecular formula is C16H21N3O. The van der Waals surface area contributed by atoms with Gasteiger partial charge in [-0.15, -0.1) is 0 Å². The van der Waals surface area contributed by atoms with Crippen LogP contribution in [0.4, 0.5) is 0 Å². The highest BCUT2D eigenvalue weighted by Gasteiger charge is 2.23. The van der Waals surface area contributed by atoms with Crippen molar-refractivity contribution in [3.05, 3.63) is 36.0 Å². The van der Waals surface area contributed by atoms with Crippen LogP contribution in [0.25, 0.3) is 10.9 Å². The molecule has 1 aliphatic heterocycles. The van der Waals surface area contributed by atoms with Crippen LogP contribution in [0.5, 0.6) is 0 Å². The summed E-state index contributed by atoms with van der Waals surface area (Å²) in [6, 6.07) is 7.89. The molecule has 1 amide bonds. The third kappa shape index (κ3) is 2.56. The normalized spacial score (nSPS) is 16.8. The Morgan fingerprint density at radius 2 is 2.15 bits per heavy atom. The molecule has 20 heavy (non-hydrogen) atoms. The van der Waals surface area contributed by atoms with Gasteiger partial charge in [0.05, 0.1) is 0 Å². The number of aromatic nitrogens is 1. The van der Waals surface area contributed by atoms with Crippen LogP contribution in [0.2, 0.25) is 0 Å². The second kappa shape index (κ2) is 5.67. The Hall–Kier alpha value is -1.81. The lowest BCUT2D eigenvalue weighted by atomic mass is 9.96. The third-order valence-electron chi connectivity index (χ3n) is 4.19. The third-order valence-corrected chi connectivity index (χ3v) is 4.19. The minimum Gasteiger partial charge on any atom is -0.361 e. The van der Waals surface area contributed by atoms with E-state index in [2.05, 4.69) is 10.3 Å². The SMILES string of the molecule is CNCC1CCN(C(=O)c2ccc3[nH]ccc3c2)CC1. The standard InChI is InChI=1S/C16H21N3O/c1-17-11-12-5-8-19(9-6-12)16(20)14-2-3-15-13(10-14)4-7-18-15/h2-4,7,10,12,17-18H,5-6,8-9,11H2,1H3. The smallest absolute Gasteiger partial charge is 0.253 e. The van der Waals surface area contributed by atoms with Crippen LogP contribution in [0, 0.1) is 5.92 Å². The molecule has 0 spiro atoms. The first kappa shape index (κ1) is 13.2. The largest absolute Gasteiger partial charge is 0.361 e. The quantitative estimate of drug-likeness (QED) is 0.899. The molecular weight excluding hydrogens is 250 g/mol. The van der Waals surface area contributed by atoms with E-state index in [0.29, 0.717) is 5.92 Å². The summed E-state index contributed by atoms with van der Waals surface area (Å²) in [5.74, 6) is 0.868. The fourth-order valence-electron chi connectivity index (χ4n) is 3.00. The van der Waals surface area contributed by atoms with E-state index in [1.165, 1.54) is 0 Å². The van der Waals surface area contributed by atoms with E-state index in [-0.39, 0.29) is 5.91 Å². The van der Waals surface area contributed by atoms with E-state index < -0.39 is 0 Å². The van der Waals surface area contributed by atoms with E-state index in [1.807, 2.05) is 42.4 Å². The predicted octanol–water partition coefficient (Wildman–Crippen LogP) is 2.24. The van der Waals surface area contributed by atoms with Crippen LogP contribution >= 0.6 is 0 Å². The zero-order valence-electron chi connectivity index (χ0n) is 11.9. The Labute approximate surface area is 119 Å². The molecule has 106 valence electrons. The number of likely N-dealkylation sites (tertiary alicyclic amines) is 1. The Kier molecular flexibility index (Phi) is 3.74. The summed E-state index contributed by atoms with van der Waals surface area (Å²) in [6.45, 7) is 2.80. The van der Waals surface area contributed by atoms with Gasteiger partial charge in [0.25, 0.3) is 5.91 Å². The highest BCUT2D eigenvalue weighted by Crippen LogP contribution is 2.20.